The summed E-state index contributed by atoms with van der Waals surface area (Å²) in [7, 11) is 0. The van der Waals surface area contributed by atoms with Crippen LogP contribution in [0.15, 0.2) is 12.3 Å². The largest absolute Gasteiger partial charge is 0.383 e. The van der Waals surface area contributed by atoms with Crippen molar-refractivity contribution in [3.8, 4) is 0 Å². The van der Waals surface area contributed by atoms with E-state index in [1.807, 2.05) is 6.20 Å². The van der Waals surface area contributed by atoms with Crippen LogP contribution in [0.3, 0.4) is 0 Å². The normalized spacial score (nSPS) is 14.6. The molecule has 0 bridgehead atoms. The Kier molecular flexibility index (Phi) is 1.75. The molecule has 12 heavy (non-hydrogen) atoms. The topological polar surface area (TPSA) is 24.9 Å². The van der Waals surface area contributed by atoms with Crippen LogP contribution < -0.4 is 5.32 Å². The third kappa shape index (κ3) is 1.17. The van der Waals surface area contributed by atoms with Crippen LogP contribution in [0.2, 0.25) is 0 Å². The van der Waals surface area contributed by atoms with Gasteiger partial charge in [-0.2, -0.15) is 0 Å². The summed E-state index contributed by atoms with van der Waals surface area (Å²) in [6.45, 7) is 5.42. The van der Waals surface area contributed by atoms with Crippen molar-refractivity contribution < 1.29 is 1.43 Å². The minimum atomic E-state index is 0. The number of nitrogens with zero attached hydrogens (tertiary/aromatic N) is 1. The van der Waals surface area contributed by atoms with Gasteiger partial charge in [-0.25, -0.2) is 0 Å². The molecule has 0 saturated carbocycles. The second-order valence-corrected chi connectivity index (χ2v) is 3.60. The summed E-state index contributed by atoms with van der Waals surface area (Å²) in [5.41, 5.74) is 3.85. The molecule has 0 spiro atoms. The first-order valence-corrected chi connectivity index (χ1v) is 4.50. The SMILES string of the molecule is CC(C)c1cc2c(cn1)NCC2.[HH]. The third-order valence-corrected chi connectivity index (χ3v) is 2.31. The molecule has 0 aromatic carbocycles. The number of rotatable bonds is 1. The van der Waals surface area contributed by atoms with Gasteiger partial charge in [0.15, 0.2) is 0 Å². The highest BCUT2D eigenvalue weighted by atomic mass is 14.9. The van der Waals surface area contributed by atoms with Gasteiger partial charge in [-0.3, -0.25) is 4.98 Å². The van der Waals surface area contributed by atoms with Gasteiger partial charge in [0.2, 0.25) is 0 Å². The predicted octanol–water partition coefficient (Wildman–Crippen LogP) is 2.42. The Morgan fingerprint density at radius 2 is 2.42 bits per heavy atom. The van der Waals surface area contributed by atoms with Gasteiger partial charge in [0.05, 0.1) is 11.9 Å². The lowest BCUT2D eigenvalue weighted by molar-refractivity contribution is 0.821. The molecule has 0 fully saturated rings. The molecule has 1 aliphatic rings. The molecule has 0 unspecified atom stereocenters. The van der Waals surface area contributed by atoms with E-state index in [0.29, 0.717) is 5.92 Å². The van der Waals surface area contributed by atoms with Crippen LogP contribution in [0.1, 0.15) is 32.4 Å². The number of anilines is 1. The van der Waals surface area contributed by atoms with E-state index in [4.69, 9.17) is 0 Å². The van der Waals surface area contributed by atoms with E-state index in [1.54, 1.807) is 0 Å². The van der Waals surface area contributed by atoms with Crippen molar-refractivity contribution >= 4 is 5.69 Å². The molecule has 0 amide bonds. The van der Waals surface area contributed by atoms with Crippen LogP contribution in [0.25, 0.3) is 0 Å². The highest BCUT2D eigenvalue weighted by Crippen LogP contribution is 2.23. The minimum absolute atomic E-state index is 0. The Labute approximate surface area is 74.5 Å². The number of hydrogen-bond acceptors (Lipinski definition) is 2. The van der Waals surface area contributed by atoms with Crippen molar-refractivity contribution in [2.24, 2.45) is 0 Å². The quantitative estimate of drug-likeness (QED) is 0.689. The summed E-state index contributed by atoms with van der Waals surface area (Å²) >= 11 is 0. The molecule has 0 aliphatic carbocycles. The van der Waals surface area contributed by atoms with Crippen LogP contribution >= 0.6 is 0 Å². The molecule has 1 aliphatic heterocycles. The van der Waals surface area contributed by atoms with Crippen LogP contribution in [0.4, 0.5) is 5.69 Å². The standard InChI is InChI=1S/C10H14N2.H2/c1-7(2)9-5-8-3-4-11-10(8)6-12-9;/h5-7,11H,3-4H2,1-2H3;1H. The summed E-state index contributed by atoms with van der Waals surface area (Å²) in [6.07, 6.45) is 3.11. The maximum Gasteiger partial charge on any atom is 0.0560 e. The van der Waals surface area contributed by atoms with Crippen molar-refractivity contribution in [2.75, 3.05) is 11.9 Å². The van der Waals surface area contributed by atoms with Gasteiger partial charge in [0.25, 0.3) is 0 Å². The summed E-state index contributed by atoms with van der Waals surface area (Å²) in [6, 6.07) is 2.22. The average Bonchev–Trinajstić information content (AvgIpc) is 2.49. The van der Waals surface area contributed by atoms with E-state index < -0.39 is 0 Å². The highest BCUT2D eigenvalue weighted by molar-refractivity contribution is 5.54. The van der Waals surface area contributed by atoms with Crippen molar-refractivity contribution in [2.45, 2.75) is 26.2 Å². The summed E-state index contributed by atoms with van der Waals surface area (Å²) in [5, 5.41) is 3.30. The molecular formula is C10H16N2. The molecule has 0 radical (unpaired) electrons. The van der Waals surface area contributed by atoms with Crippen LogP contribution in [0, 0.1) is 0 Å². The minimum Gasteiger partial charge on any atom is -0.383 e. The molecule has 1 aromatic rings. The van der Waals surface area contributed by atoms with Gasteiger partial charge in [0.1, 0.15) is 0 Å². The first-order chi connectivity index (χ1) is 5.77. The zero-order valence-corrected chi connectivity index (χ0v) is 7.59. The molecule has 1 N–H and O–H groups in total. The van der Waals surface area contributed by atoms with E-state index in [1.165, 1.54) is 16.9 Å². The first kappa shape index (κ1) is 7.59. The smallest absolute Gasteiger partial charge is 0.0560 e. The van der Waals surface area contributed by atoms with Crippen LogP contribution in [-0.2, 0) is 6.42 Å². The van der Waals surface area contributed by atoms with E-state index in [2.05, 4.69) is 30.2 Å². The lowest BCUT2D eigenvalue weighted by Crippen LogP contribution is -1.94. The highest BCUT2D eigenvalue weighted by Gasteiger charge is 2.11. The number of pyridine rings is 1. The Balaban J connectivity index is 0.000000845. The molecule has 2 heterocycles. The number of aromatic nitrogens is 1. The number of hydrogen-bond donors (Lipinski definition) is 1. The molecule has 1 aromatic heterocycles. The van der Waals surface area contributed by atoms with Crippen molar-refractivity contribution in [3.63, 3.8) is 0 Å². The predicted molar refractivity (Wildman–Crippen MR) is 52.6 cm³/mol. The molecule has 66 valence electrons. The van der Waals surface area contributed by atoms with Gasteiger partial charge in [0, 0.05) is 13.7 Å². The van der Waals surface area contributed by atoms with E-state index in [9.17, 15) is 0 Å². The summed E-state index contributed by atoms with van der Waals surface area (Å²) < 4.78 is 0. The second kappa shape index (κ2) is 2.77. The van der Waals surface area contributed by atoms with Gasteiger partial charge in [-0.05, 0) is 24.0 Å². The molecular weight excluding hydrogens is 148 g/mol. The zero-order chi connectivity index (χ0) is 8.55. The van der Waals surface area contributed by atoms with E-state index >= 15 is 0 Å². The Bertz CT molecular complexity index is 297. The Hall–Kier alpha value is -1.05. The lowest BCUT2D eigenvalue weighted by Gasteiger charge is -2.05. The summed E-state index contributed by atoms with van der Waals surface area (Å²) in [4.78, 5) is 4.39. The molecule has 0 atom stereocenters. The lowest BCUT2D eigenvalue weighted by atomic mass is 10.1. The fourth-order valence-electron chi connectivity index (χ4n) is 1.53. The Morgan fingerprint density at radius 3 is 3.17 bits per heavy atom. The van der Waals surface area contributed by atoms with E-state index in [0.717, 1.165) is 13.0 Å². The fourth-order valence-corrected chi connectivity index (χ4v) is 1.53. The van der Waals surface area contributed by atoms with Crippen LogP contribution in [-0.4, -0.2) is 11.5 Å². The monoisotopic (exact) mass is 164 g/mol. The Morgan fingerprint density at radius 1 is 1.58 bits per heavy atom. The molecule has 2 heteroatoms. The molecule has 0 saturated heterocycles. The van der Waals surface area contributed by atoms with Crippen molar-refractivity contribution in [1.82, 2.24) is 4.98 Å². The number of fused-ring (bicyclic) bond motifs is 1. The van der Waals surface area contributed by atoms with Gasteiger partial charge in [-0.15, -0.1) is 0 Å². The first-order valence-electron chi connectivity index (χ1n) is 4.50. The number of nitrogens with one attached hydrogen (secondary N) is 1. The van der Waals surface area contributed by atoms with Gasteiger partial charge >= 0.3 is 0 Å². The van der Waals surface area contributed by atoms with E-state index in [-0.39, 0.29) is 1.43 Å². The van der Waals surface area contributed by atoms with Gasteiger partial charge < -0.3 is 5.32 Å². The molecule has 2 nitrogen and oxygen atoms in total. The van der Waals surface area contributed by atoms with Gasteiger partial charge in [-0.1, -0.05) is 13.8 Å². The zero-order valence-electron chi connectivity index (χ0n) is 7.59. The average molecular weight is 164 g/mol. The third-order valence-electron chi connectivity index (χ3n) is 2.31. The van der Waals surface area contributed by atoms with Crippen molar-refractivity contribution in [1.29, 1.82) is 0 Å². The van der Waals surface area contributed by atoms with Crippen LogP contribution in [0.5, 0.6) is 0 Å². The van der Waals surface area contributed by atoms with Crippen molar-refractivity contribution in [3.05, 3.63) is 23.5 Å². The maximum atomic E-state index is 4.39. The summed E-state index contributed by atoms with van der Waals surface area (Å²) in [5.74, 6) is 0.538. The fraction of sp³-hybridized carbons (Fsp3) is 0.500. The second-order valence-electron chi connectivity index (χ2n) is 3.60. The molecule has 2 rings (SSSR count). The maximum absolute atomic E-state index is 4.39.